The van der Waals surface area contributed by atoms with Crippen LogP contribution in [0.4, 0.5) is 4.39 Å². The molecule has 0 aliphatic rings. The molecule has 1 N–H and O–H groups in total. The van der Waals surface area contributed by atoms with Crippen molar-refractivity contribution in [2.75, 3.05) is 13.4 Å². The topological polar surface area (TPSA) is 38.7 Å². The predicted octanol–water partition coefficient (Wildman–Crippen LogP) is 2.72. The van der Waals surface area contributed by atoms with E-state index in [1.165, 1.54) is 18.2 Å². The molecule has 0 spiro atoms. The Bertz CT molecular complexity index is 629. The normalized spacial score (nSPS) is 9.81. The molecule has 0 amide bonds. The zero-order chi connectivity index (χ0) is 14.9. The quantitative estimate of drug-likeness (QED) is 0.522. The first-order chi connectivity index (χ1) is 10.3. The summed E-state index contributed by atoms with van der Waals surface area (Å²) in [6.07, 6.45) is 0. The van der Waals surface area contributed by atoms with Crippen LogP contribution in [-0.2, 0) is 11.3 Å². The molecule has 0 aliphatic heterocycles. The first-order valence-corrected chi connectivity index (χ1v) is 6.43. The van der Waals surface area contributed by atoms with Crippen LogP contribution in [0.3, 0.4) is 0 Å². The minimum Gasteiger partial charge on any atom is -0.464 e. The molecule has 0 atom stereocenters. The summed E-state index contributed by atoms with van der Waals surface area (Å²) in [6.45, 7) is 0.100. The lowest BCUT2D eigenvalue weighted by Gasteiger charge is -2.08. The molecular formula is C17H15FO3. The minimum absolute atomic E-state index is 0.0529. The zero-order valence-electron chi connectivity index (χ0n) is 11.4. The van der Waals surface area contributed by atoms with Crippen molar-refractivity contribution in [3.63, 3.8) is 0 Å². The van der Waals surface area contributed by atoms with E-state index in [0.29, 0.717) is 12.2 Å². The molecule has 0 aromatic heterocycles. The highest BCUT2D eigenvalue weighted by Crippen LogP contribution is 2.18. The fraction of sp³-hybridized carbons (Fsp3) is 0.176. The lowest BCUT2D eigenvalue weighted by molar-refractivity contribution is 0.00302. The monoisotopic (exact) mass is 286 g/mol. The third-order valence-corrected chi connectivity index (χ3v) is 2.65. The average molecular weight is 286 g/mol. The summed E-state index contributed by atoms with van der Waals surface area (Å²) >= 11 is 0. The molecule has 0 saturated carbocycles. The van der Waals surface area contributed by atoms with Gasteiger partial charge < -0.3 is 14.6 Å². The Morgan fingerprint density at radius 2 is 1.90 bits per heavy atom. The Kier molecular flexibility index (Phi) is 5.77. The van der Waals surface area contributed by atoms with Crippen molar-refractivity contribution in [3.05, 3.63) is 65.5 Å². The van der Waals surface area contributed by atoms with Crippen LogP contribution in [0.1, 0.15) is 11.1 Å². The van der Waals surface area contributed by atoms with E-state index in [2.05, 4.69) is 11.8 Å². The van der Waals surface area contributed by atoms with E-state index in [1.807, 2.05) is 30.3 Å². The van der Waals surface area contributed by atoms with E-state index in [0.717, 1.165) is 5.56 Å². The number of benzene rings is 2. The van der Waals surface area contributed by atoms with Crippen molar-refractivity contribution in [2.24, 2.45) is 0 Å². The number of aliphatic hydroxyl groups is 1. The zero-order valence-corrected chi connectivity index (χ0v) is 11.4. The SMILES string of the molecule is OCC#Cc1ccc(F)c(OCOCc2ccccc2)c1. The number of aliphatic hydroxyl groups excluding tert-OH is 1. The molecule has 2 aromatic rings. The summed E-state index contributed by atoms with van der Waals surface area (Å²) in [4.78, 5) is 0. The number of ether oxygens (including phenoxy) is 2. The van der Waals surface area contributed by atoms with Gasteiger partial charge in [0, 0.05) is 5.56 Å². The van der Waals surface area contributed by atoms with Gasteiger partial charge in [0.15, 0.2) is 18.4 Å². The average Bonchev–Trinajstić information content (AvgIpc) is 2.53. The molecule has 3 nitrogen and oxygen atoms in total. The van der Waals surface area contributed by atoms with Gasteiger partial charge in [-0.15, -0.1) is 0 Å². The van der Waals surface area contributed by atoms with Crippen LogP contribution in [0.5, 0.6) is 5.75 Å². The van der Waals surface area contributed by atoms with Gasteiger partial charge in [-0.25, -0.2) is 4.39 Å². The highest BCUT2D eigenvalue weighted by atomic mass is 19.1. The molecule has 0 heterocycles. The maximum absolute atomic E-state index is 13.6. The van der Waals surface area contributed by atoms with Gasteiger partial charge in [0.25, 0.3) is 0 Å². The van der Waals surface area contributed by atoms with E-state index in [-0.39, 0.29) is 19.1 Å². The summed E-state index contributed by atoms with van der Waals surface area (Å²) in [5.41, 5.74) is 1.59. The van der Waals surface area contributed by atoms with E-state index < -0.39 is 5.82 Å². The summed E-state index contributed by atoms with van der Waals surface area (Å²) in [7, 11) is 0. The van der Waals surface area contributed by atoms with Crippen molar-refractivity contribution in [1.29, 1.82) is 0 Å². The lowest BCUT2D eigenvalue weighted by atomic mass is 10.2. The second kappa shape index (κ2) is 8.05. The second-order valence-corrected chi connectivity index (χ2v) is 4.20. The van der Waals surface area contributed by atoms with Crippen LogP contribution in [-0.4, -0.2) is 18.5 Å². The molecule has 2 aromatic carbocycles. The maximum atomic E-state index is 13.6. The smallest absolute Gasteiger partial charge is 0.189 e. The van der Waals surface area contributed by atoms with Crippen molar-refractivity contribution in [1.82, 2.24) is 0 Å². The third-order valence-electron chi connectivity index (χ3n) is 2.65. The fourth-order valence-electron chi connectivity index (χ4n) is 1.67. The molecule has 4 heteroatoms. The third kappa shape index (κ3) is 4.92. The number of hydrogen-bond acceptors (Lipinski definition) is 3. The summed E-state index contributed by atoms with van der Waals surface area (Å²) in [5.74, 6) is 4.78. The fourth-order valence-corrected chi connectivity index (χ4v) is 1.67. The van der Waals surface area contributed by atoms with Gasteiger partial charge in [0.05, 0.1) is 6.61 Å². The van der Waals surface area contributed by atoms with Crippen LogP contribution in [0.25, 0.3) is 0 Å². The Morgan fingerprint density at radius 3 is 2.67 bits per heavy atom. The van der Waals surface area contributed by atoms with Crippen LogP contribution >= 0.6 is 0 Å². The largest absolute Gasteiger partial charge is 0.464 e. The van der Waals surface area contributed by atoms with Crippen molar-refractivity contribution in [2.45, 2.75) is 6.61 Å². The molecule has 0 saturated heterocycles. The van der Waals surface area contributed by atoms with E-state index in [1.54, 1.807) is 0 Å². The van der Waals surface area contributed by atoms with Gasteiger partial charge in [0.1, 0.15) is 6.61 Å². The highest BCUT2D eigenvalue weighted by molar-refractivity contribution is 5.40. The van der Waals surface area contributed by atoms with Crippen molar-refractivity contribution >= 4 is 0 Å². The van der Waals surface area contributed by atoms with Crippen LogP contribution in [0, 0.1) is 17.7 Å². The predicted molar refractivity (Wildman–Crippen MR) is 77.1 cm³/mol. The van der Waals surface area contributed by atoms with E-state index in [4.69, 9.17) is 14.6 Å². The number of rotatable bonds is 5. The highest BCUT2D eigenvalue weighted by Gasteiger charge is 2.04. The maximum Gasteiger partial charge on any atom is 0.189 e. The molecular weight excluding hydrogens is 271 g/mol. The molecule has 0 aliphatic carbocycles. The summed E-state index contributed by atoms with van der Waals surface area (Å²) < 4.78 is 24.2. The van der Waals surface area contributed by atoms with Crippen molar-refractivity contribution in [3.8, 4) is 17.6 Å². The first kappa shape index (κ1) is 15.0. The van der Waals surface area contributed by atoms with E-state index in [9.17, 15) is 4.39 Å². The van der Waals surface area contributed by atoms with E-state index >= 15 is 0 Å². The van der Waals surface area contributed by atoms with Crippen LogP contribution in [0.15, 0.2) is 48.5 Å². The van der Waals surface area contributed by atoms with Crippen LogP contribution in [0.2, 0.25) is 0 Å². The van der Waals surface area contributed by atoms with Gasteiger partial charge in [0.2, 0.25) is 0 Å². The lowest BCUT2D eigenvalue weighted by Crippen LogP contribution is -2.04. The number of hydrogen-bond donors (Lipinski definition) is 1. The van der Waals surface area contributed by atoms with Crippen molar-refractivity contribution < 1.29 is 19.0 Å². The van der Waals surface area contributed by atoms with Gasteiger partial charge >= 0.3 is 0 Å². The Hall–Kier alpha value is -2.35. The first-order valence-electron chi connectivity index (χ1n) is 6.43. The second-order valence-electron chi connectivity index (χ2n) is 4.20. The molecule has 0 radical (unpaired) electrons. The van der Waals surface area contributed by atoms with Gasteiger partial charge in [-0.2, -0.15) is 0 Å². The Balaban J connectivity index is 1.87. The van der Waals surface area contributed by atoms with Crippen LogP contribution < -0.4 is 4.74 Å². The summed E-state index contributed by atoms with van der Waals surface area (Å²) in [5, 5.41) is 8.63. The number of halogens is 1. The molecule has 0 bridgehead atoms. The Morgan fingerprint density at radius 1 is 1.10 bits per heavy atom. The standard InChI is InChI=1S/C17H15FO3/c18-16-9-8-14(7-4-10-19)11-17(16)21-13-20-12-15-5-2-1-3-6-15/h1-3,5-6,8-9,11,19H,10,12-13H2. The van der Waals surface area contributed by atoms with Gasteiger partial charge in [-0.05, 0) is 23.8 Å². The Labute approximate surface area is 122 Å². The summed E-state index contributed by atoms with van der Waals surface area (Å²) in [6, 6.07) is 13.9. The molecule has 2 rings (SSSR count). The van der Waals surface area contributed by atoms with Gasteiger partial charge in [-0.1, -0.05) is 42.2 Å². The minimum atomic E-state index is -0.479. The molecule has 21 heavy (non-hydrogen) atoms. The molecule has 0 fully saturated rings. The molecule has 108 valence electrons. The molecule has 0 unspecified atom stereocenters. The van der Waals surface area contributed by atoms with Gasteiger partial charge in [-0.3, -0.25) is 0 Å².